The minimum Gasteiger partial charge on any atom is -0.481 e. The molecule has 1 aliphatic heterocycles. The third-order valence-corrected chi connectivity index (χ3v) is 2.70. The van der Waals surface area contributed by atoms with Crippen LogP contribution in [0, 0.1) is 0 Å². The van der Waals surface area contributed by atoms with E-state index in [-0.39, 0.29) is 18.0 Å². The average molecular weight is 212 g/mol. The molecule has 0 aromatic rings. The van der Waals surface area contributed by atoms with Crippen molar-refractivity contribution in [2.75, 3.05) is 19.6 Å². The molecule has 0 spiro atoms. The van der Waals surface area contributed by atoms with Crippen LogP contribution in [0.1, 0.15) is 20.3 Å². The van der Waals surface area contributed by atoms with E-state index in [9.17, 15) is 4.79 Å². The number of hydrogen-bond acceptors (Lipinski definition) is 3. The molecule has 0 aromatic heterocycles. The molecular weight excluding hydrogens is 192 g/mol. The largest absolute Gasteiger partial charge is 0.481 e. The van der Waals surface area contributed by atoms with Crippen LogP contribution < -0.4 is 5.32 Å². The monoisotopic (exact) mass is 212 g/mol. The van der Waals surface area contributed by atoms with Crippen LogP contribution in [0.25, 0.3) is 0 Å². The predicted molar refractivity (Wildman–Crippen MR) is 59.9 cm³/mol. The smallest absolute Gasteiger partial charge is 0.304 e. The SMILES string of the molecule is C=CCN1CC(C)(C)NCC1CC(=O)O. The summed E-state index contributed by atoms with van der Waals surface area (Å²) in [6.45, 7) is 10.3. The van der Waals surface area contributed by atoms with Crippen molar-refractivity contribution in [3.8, 4) is 0 Å². The maximum Gasteiger partial charge on any atom is 0.304 e. The molecule has 1 fully saturated rings. The van der Waals surface area contributed by atoms with Crippen LogP contribution >= 0.6 is 0 Å². The van der Waals surface area contributed by atoms with Gasteiger partial charge in [-0.25, -0.2) is 0 Å². The zero-order valence-corrected chi connectivity index (χ0v) is 9.49. The quantitative estimate of drug-likeness (QED) is 0.674. The first-order valence-electron chi connectivity index (χ1n) is 5.26. The Labute approximate surface area is 91.0 Å². The second-order valence-corrected chi connectivity index (χ2v) is 4.73. The minimum absolute atomic E-state index is 0.0536. The van der Waals surface area contributed by atoms with Gasteiger partial charge in [0.2, 0.25) is 0 Å². The topological polar surface area (TPSA) is 52.6 Å². The highest BCUT2D eigenvalue weighted by molar-refractivity contribution is 5.67. The lowest BCUT2D eigenvalue weighted by molar-refractivity contribution is -0.138. The summed E-state index contributed by atoms with van der Waals surface area (Å²) in [7, 11) is 0. The Morgan fingerprint density at radius 1 is 1.73 bits per heavy atom. The van der Waals surface area contributed by atoms with Crippen molar-refractivity contribution < 1.29 is 9.90 Å². The fourth-order valence-corrected chi connectivity index (χ4v) is 2.00. The van der Waals surface area contributed by atoms with E-state index in [1.54, 1.807) is 0 Å². The Bertz CT molecular complexity index is 251. The van der Waals surface area contributed by atoms with Gasteiger partial charge in [-0.15, -0.1) is 6.58 Å². The Hall–Kier alpha value is -0.870. The molecule has 1 saturated heterocycles. The molecule has 1 atom stereocenters. The van der Waals surface area contributed by atoms with Crippen molar-refractivity contribution in [2.24, 2.45) is 0 Å². The predicted octanol–water partition coefficient (Wildman–Crippen LogP) is 0.699. The zero-order valence-electron chi connectivity index (χ0n) is 9.49. The number of carbonyl (C=O) groups is 1. The van der Waals surface area contributed by atoms with Crippen LogP contribution in [-0.2, 0) is 4.79 Å². The van der Waals surface area contributed by atoms with Crippen LogP contribution in [0.2, 0.25) is 0 Å². The molecule has 0 bridgehead atoms. The van der Waals surface area contributed by atoms with Gasteiger partial charge in [-0.2, -0.15) is 0 Å². The Morgan fingerprint density at radius 3 is 2.93 bits per heavy atom. The summed E-state index contributed by atoms with van der Waals surface area (Å²) in [5.74, 6) is -0.740. The summed E-state index contributed by atoms with van der Waals surface area (Å²) in [5, 5.41) is 12.2. The van der Waals surface area contributed by atoms with Gasteiger partial charge in [0.25, 0.3) is 0 Å². The highest BCUT2D eigenvalue weighted by Crippen LogP contribution is 2.16. The van der Waals surface area contributed by atoms with Crippen LogP contribution in [0.4, 0.5) is 0 Å². The Balaban J connectivity index is 2.62. The van der Waals surface area contributed by atoms with Gasteiger partial charge in [0, 0.05) is 31.2 Å². The molecule has 0 amide bonds. The van der Waals surface area contributed by atoms with Crippen LogP contribution in [-0.4, -0.2) is 47.2 Å². The molecule has 4 nitrogen and oxygen atoms in total. The molecule has 0 aliphatic carbocycles. The first-order valence-corrected chi connectivity index (χ1v) is 5.26. The molecule has 1 rings (SSSR count). The number of piperazine rings is 1. The Morgan fingerprint density at radius 2 is 2.40 bits per heavy atom. The maximum atomic E-state index is 10.7. The van der Waals surface area contributed by atoms with Crippen molar-refractivity contribution in [3.05, 3.63) is 12.7 Å². The molecule has 0 saturated carbocycles. The third kappa shape index (κ3) is 3.64. The summed E-state index contributed by atoms with van der Waals surface area (Å²) in [5.41, 5.74) is 0.0536. The van der Waals surface area contributed by atoms with E-state index in [0.29, 0.717) is 0 Å². The van der Waals surface area contributed by atoms with E-state index in [1.807, 2.05) is 6.08 Å². The highest BCUT2D eigenvalue weighted by atomic mass is 16.4. The van der Waals surface area contributed by atoms with Gasteiger partial charge in [-0.05, 0) is 13.8 Å². The summed E-state index contributed by atoms with van der Waals surface area (Å²) < 4.78 is 0. The molecule has 4 heteroatoms. The number of nitrogens with one attached hydrogen (secondary N) is 1. The standard InChI is InChI=1S/C11H20N2O2/c1-4-5-13-8-11(2,3)12-7-9(13)6-10(14)15/h4,9,12H,1,5-8H2,2-3H3,(H,14,15). The number of carboxylic acids is 1. The summed E-state index contributed by atoms with van der Waals surface area (Å²) >= 11 is 0. The van der Waals surface area contributed by atoms with E-state index >= 15 is 0 Å². The van der Waals surface area contributed by atoms with Crippen LogP contribution in [0.3, 0.4) is 0 Å². The molecule has 2 N–H and O–H groups in total. The summed E-state index contributed by atoms with van der Waals surface area (Å²) in [6.07, 6.45) is 2.02. The number of carboxylic acid groups (broad SMARTS) is 1. The van der Waals surface area contributed by atoms with Gasteiger partial charge < -0.3 is 10.4 Å². The number of rotatable bonds is 4. The zero-order chi connectivity index (χ0) is 11.5. The normalized spacial score (nSPS) is 26.1. The van der Waals surface area contributed by atoms with Crippen molar-refractivity contribution in [3.63, 3.8) is 0 Å². The molecule has 86 valence electrons. The summed E-state index contributed by atoms with van der Waals surface area (Å²) in [4.78, 5) is 12.9. The fraction of sp³-hybridized carbons (Fsp3) is 0.727. The average Bonchev–Trinajstić information content (AvgIpc) is 2.09. The van der Waals surface area contributed by atoms with E-state index < -0.39 is 5.97 Å². The third-order valence-electron chi connectivity index (χ3n) is 2.70. The Kier molecular flexibility index (Phi) is 3.88. The van der Waals surface area contributed by atoms with E-state index in [1.165, 1.54) is 0 Å². The fourth-order valence-electron chi connectivity index (χ4n) is 2.00. The molecule has 0 aromatic carbocycles. The maximum absolute atomic E-state index is 10.7. The second kappa shape index (κ2) is 4.77. The van der Waals surface area contributed by atoms with Crippen molar-refractivity contribution in [1.82, 2.24) is 10.2 Å². The van der Waals surface area contributed by atoms with Crippen molar-refractivity contribution >= 4 is 5.97 Å². The van der Waals surface area contributed by atoms with Gasteiger partial charge in [-0.1, -0.05) is 6.08 Å². The molecule has 1 unspecified atom stereocenters. The second-order valence-electron chi connectivity index (χ2n) is 4.73. The molecule has 0 radical (unpaired) electrons. The molecular formula is C11H20N2O2. The van der Waals surface area contributed by atoms with Gasteiger partial charge >= 0.3 is 5.97 Å². The van der Waals surface area contributed by atoms with Crippen molar-refractivity contribution in [1.29, 1.82) is 0 Å². The lowest BCUT2D eigenvalue weighted by atomic mass is 9.97. The van der Waals surface area contributed by atoms with Crippen molar-refractivity contribution in [2.45, 2.75) is 31.8 Å². The van der Waals surface area contributed by atoms with Gasteiger partial charge in [0.1, 0.15) is 0 Å². The first-order chi connectivity index (χ1) is 6.94. The number of hydrogen-bond donors (Lipinski definition) is 2. The number of nitrogens with zero attached hydrogens (tertiary/aromatic N) is 1. The van der Waals surface area contributed by atoms with Crippen LogP contribution in [0.5, 0.6) is 0 Å². The number of aliphatic carboxylic acids is 1. The van der Waals surface area contributed by atoms with Gasteiger partial charge in [0.05, 0.1) is 6.42 Å². The minimum atomic E-state index is -0.740. The lowest BCUT2D eigenvalue weighted by Crippen LogP contribution is -2.61. The van der Waals surface area contributed by atoms with Gasteiger partial charge in [-0.3, -0.25) is 9.69 Å². The lowest BCUT2D eigenvalue weighted by Gasteiger charge is -2.43. The molecule has 1 heterocycles. The van der Waals surface area contributed by atoms with E-state index in [2.05, 4.69) is 30.6 Å². The first kappa shape index (κ1) is 12.2. The van der Waals surface area contributed by atoms with Crippen LogP contribution in [0.15, 0.2) is 12.7 Å². The highest BCUT2D eigenvalue weighted by Gasteiger charge is 2.32. The molecule has 1 aliphatic rings. The molecule has 15 heavy (non-hydrogen) atoms. The van der Waals surface area contributed by atoms with E-state index in [4.69, 9.17) is 5.11 Å². The summed E-state index contributed by atoms with van der Waals surface area (Å²) in [6, 6.07) is 0.0773. The van der Waals surface area contributed by atoms with Gasteiger partial charge in [0.15, 0.2) is 0 Å². The van der Waals surface area contributed by atoms with E-state index in [0.717, 1.165) is 19.6 Å².